The summed E-state index contributed by atoms with van der Waals surface area (Å²) in [6.07, 6.45) is -3.33. The highest BCUT2D eigenvalue weighted by molar-refractivity contribution is 5.95. The lowest BCUT2D eigenvalue weighted by Gasteiger charge is -2.24. The molecule has 0 spiro atoms. The molecular weight excluding hydrogens is 376 g/mol. The number of aromatic nitrogens is 2. The number of aliphatic hydroxyl groups excluding tert-OH is 6. The molecule has 1 aromatic rings. The summed E-state index contributed by atoms with van der Waals surface area (Å²) < 4.78 is 0. The Bertz CT molecular complexity index is 610. The molecule has 0 saturated carbocycles. The van der Waals surface area contributed by atoms with Gasteiger partial charge in [0.2, 0.25) is 0 Å². The van der Waals surface area contributed by atoms with Crippen LogP contribution in [0.25, 0.3) is 0 Å². The number of carbonyl (C=O) groups is 2. The number of aliphatic hydroxyl groups is 6. The zero-order valence-corrected chi connectivity index (χ0v) is 15.6. The molecule has 0 bridgehead atoms. The molecule has 0 aliphatic carbocycles. The molecule has 0 saturated heterocycles. The molecule has 2 amide bonds. The molecule has 6 N–H and O–H groups in total. The van der Waals surface area contributed by atoms with E-state index in [4.69, 9.17) is 10.2 Å². The molecule has 12 heteroatoms. The lowest BCUT2D eigenvalue weighted by atomic mass is 10.2. The predicted octanol–water partition coefficient (Wildman–Crippen LogP) is -3.95. The molecule has 28 heavy (non-hydrogen) atoms. The molecule has 0 aliphatic rings. The second-order valence-corrected chi connectivity index (χ2v) is 6.30. The third-order valence-electron chi connectivity index (χ3n) is 3.95. The van der Waals surface area contributed by atoms with Crippen LogP contribution in [-0.2, 0) is 0 Å². The van der Waals surface area contributed by atoms with Crippen molar-refractivity contribution < 1.29 is 40.2 Å². The van der Waals surface area contributed by atoms with E-state index in [0.717, 1.165) is 22.2 Å². The van der Waals surface area contributed by atoms with E-state index >= 15 is 0 Å². The molecule has 4 unspecified atom stereocenters. The lowest BCUT2D eigenvalue weighted by Crippen LogP contribution is -2.42. The normalized spacial score (nSPS) is 15.4. The van der Waals surface area contributed by atoms with Crippen molar-refractivity contribution in [1.82, 2.24) is 19.8 Å². The molecule has 1 aromatic heterocycles. The molecule has 0 aliphatic heterocycles. The Morgan fingerprint density at radius 2 is 1.18 bits per heavy atom. The van der Waals surface area contributed by atoms with Gasteiger partial charge in [-0.3, -0.25) is 14.6 Å². The Morgan fingerprint density at radius 3 is 1.50 bits per heavy atom. The lowest BCUT2D eigenvalue weighted by molar-refractivity contribution is -0.0245. The monoisotopic (exact) mass is 402 g/mol. The summed E-state index contributed by atoms with van der Waals surface area (Å²) in [7, 11) is 2.68. The van der Waals surface area contributed by atoms with E-state index in [0.29, 0.717) is 0 Å². The highest BCUT2D eigenvalue weighted by Crippen LogP contribution is 2.06. The number of carbonyl (C=O) groups excluding carboxylic acids is 2. The summed E-state index contributed by atoms with van der Waals surface area (Å²) in [4.78, 5) is 34.6. The highest BCUT2D eigenvalue weighted by atomic mass is 16.4. The van der Waals surface area contributed by atoms with Gasteiger partial charge in [-0.05, 0) is 0 Å². The number of nitrogens with zero attached hydrogens (tertiary/aromatic N) is 4. The summed E-state index contributed by atoms with van der Waals surface area (Å²) in [5.74, 6) is -1.35. The number of rotatable bonds is 10. The van der Waals surface area contributed by atoms with E-state index < -0.39 is 49.4 Å². The van der Waals surface area contributed by atoms with Crippen molar-refractivity contribution in [2.75, 3.05) is 40.4 Å². The van der Waals surface area contributed by atoms with Crippen molar-refractivity contribution in [2.45, 2.75) is 24.4 Å². The Hall–Kier alpha value is -2.22. The number of likely N-dealkylation sites (N-methyl/N-ethyl adjacent to an activating group) is 2. The Morgan fingerprint density at radius 1 is 0.821 bits per heavy atom. The molecule has 0 radical (unpaired) electrons. The first-order valence-corrected chi connectivity index (χ1v) is 8.39. The molecule has 12 nitrogen and oxygen atoms in total. The Balaban J connectivity index is 2.84. The van der Waals surface area contributed by atoms with Gasteiger partial charge in [0.15, 0.2) is 0 Å². The minimum Gasteiger partial charge on any atom is -0.394 e. The van der Waals surface area contributed by atoms with Crippen LogP contribution in [0.2, 0.25) is 0 Å². The second-order valence-electron chi connectivity index (χ2n) is 6.30. The van der Waals surface area contributed by atoms with Crippen LogP contribution in [-0.4, -0.2) is 127 Å². The van der Waals surface area contributed by atoms with Crippen molar-refractivity contribution in [3.8, 4) is 0 Å². The summed E-state index contributed by atoms with van der Waals surface area (Å²) >= 11 is 0. The van der Waals surface area contributed by atoms with E-state index in [1.54, 1.807) is 0 Å². The van der Waals surface area contributed by atoms with Gasteiger partial charge < -0.3 is 40.4 Å². The first kappa shape index (κ1) is 23.8. The van der Waals surface area contributed by atoms with Gasteiger partial charge in [0.1, 0.15) is 23.6 Å². The van der Waals surface area contributed by atoms with Crippen LogP contribution >= 0.6 is 0 Å². The van der Waals surface area contributed by atoms with Crippen LogP contribution in [0.4, 0.5) is 0 Å². The van der Waals surface area contributed by atoms with E-state index in [-0.39, 0.29) is 24.5 Å². The topological polar surface area (TPSA) is 188 Å². The zero-order chi connectivity index (χ0) is 21.4. The van der Waals surface area contributed by atoms with E-state index in [9.17, 15) is 30.0 Å². The van der Waals surface area contributed by atoms with Crippen molar-refractivity contribution in [1.29, 1.82) is 0 Å². The predicted molar refractivity (Wildman–Crippen MR) is 94.2 cm³/mol. The average Bonchev–Trinajstić information content (AvgIpc) is 2.70. The molecule has 0 fully saturated rings. The summed E-state index contributed by atoms with van der Waals surface area (Å²) in [6, 6.07) is 0. The maximum Gasteiger partial charge on any atom is 0.273 e. The van der Waals surface area contributed by atoms with Crippen LogP contribution in [0.5, 0.6) is 0 Å². The highest BCUT2D eigenvalue weighted by Gasteiger charge is 2.24. The first-order chi connectivity index (χ1) is 13.1. The standard InChI is InChI=1S/C16H26N4O8/c1-19(5-11(23)13(25)7-21)15(27)9-3-17-4-10(18-9)16(28)20(2)6-12(24)14(26)8-22/h3-4,11-14,21-26H,5-8H2,1-2H3. The van der Waals surface area contributed by atoms with Gasteiger partial charge in [-0.15, -0.1) is 0 Å². The maximum absolute atomic E-state index is 12.4. The van der Waals surface area contributed by atoms with Gasteiger partial charge >= 0.3 is 0 Å². The van der Waals surface area contributed by atoms with E-state index in [2.05, 4.69) is 9.97 Å². The third-order valence-corrected chi connectivity index (χ3v) is 3.95. The fourth-order valence-corrected chi connectivity index (χ4v) is 2.18. The van der Waals surface area contributed by atoms with Crippen LogP contribution < -0.4 is 0 Å². The smallest absolute Gasteiger partial charge is 0.273 e. The van der Waals surface area contributed by atoms with E-state index in [1.165, 1.54) is 14.1 Å². The van der Waals surface area contributed by atoms with E-state index in [1.807, 2.05) is 0 Å². The summed E-state index contributed by atoms with van der Waals surface area (Å²) in [5.41, 5.74) is -0.383. The molecule has 0 aromatic carbocycles. The number of amides is 2. The fourth-order valence-electron chi connectivity index (χ4n) is 2.18. The SMILES string of the molecule is CN(CC(O)C(O)CO)C(=O)c1cncc(C(=O)N(C)CC(O)C(O)CO)n1. The van der Waals surface area contributed by atoms with Crippen LogP contribution in [0, 0.1) is 0 Å². The Kier molecular flexibility index (Phi) is 9.31. The van der Waals surface area contributed by atoms with Crippen LogP contribution in [0.15, 0.2) is 12.4 Å². The number of hydrogen-bond donors (Lipinski definition) is 6. The van der Waals surface area contributed by atoms with Gasteiger partial charge in [-0.1, -0.05) is 0 Å². The van der Waals surface area contributed by atoms with Crippen molar-refractivity contribution in [3.63, 3.8) is 0 Å². The molecular formula is C16H26N4O8. The van der Waals surface area contributed by atoms with Crippen LogP contribution in [0.1, 0.15) is 21.0 Å². The van der Waals surface area contributed by atoms with Gasteiger partial charge in [0, 0.05) is 27.2 Å². The number of hydrogen-bond acceptors (Lipinski definition) is 10. The van der Waals surface area contributed by atoms with Crippen molar-refractivity contribution in [3.05, 3.63) is 23.8 Å². The van der Waals surface area contributed by atoms with Crippen molar-refractivity contribution >= 4 is 11.8 Å². The summed E-state index contributed by atoms with van der Waals surface area (Å²) in [5, 5.41) is 55.7. The van der Waals surface area contributed by atoms with Gasteiger partial charge in [0.25, 0.3) is 11.8 Å². The fraction of sp³-hybridized carbons (Fsp3) is 0.625. The third kappa shape index (κ3) is 6.44. The summed E-state index contributed by atoms with van der Waals surface area (Å²) in [6.45, 7) is -1.91. The average molecular weight is 402 g/mol. The molecule has 1 rings (SSSR count). The van der Waals surface area contributed by atoms with Gasteiger partial charge in [-0.25, -0.2) is 4.98 Å². The second kappa shape index (κ2) is 10.9. The van der Waals surface area contributed by atoms with Crippen molar-refractivity contribution in [2.24, 2.45) is 0 Å². The molecule has 4 atom stereocenters. The van der Waals surface area contributed by atoms with Crippen LogP contribution in [0.3, 0.4) is 0 Å². The quantitative estimate of drug-likeness (QED) is 0.225. The minimum atomic E-state index is -1.41. The van der Waals surface area contributed by atoms with Gasteiger partial charge in [-0.2, -0.15) is 0 Å². The molecule has 1 heterocycles. The minimum absolute atomic E-state index is 0.191. The Labute approximate surface area is 161 Å². The largest absolute Gasteiger partial charge is 0.394 e. The first-order valence-electron chi connectivity index (χ1n) is 8.39. The maximum atomic E-state index is 12.4. The van der Waals surface area contributed by atoms with Gasteiger partial charge in [0.05, 0.1) is 37.8 Å². The zero-order valence-electron chi connectivity index (χ0n) is 15.6. The molecule has 158 valence electrons.